The quantitative estimate of drug-likeness (QED) is 0.874. The van der Waals surface area contributed by atoms with Crippen molar-refractivity contribution in [3.05, 3.63) is 39.8 Å². The number of hydrogen-bond acceptors (Lipinski definition) is 4. The molecule has 0 bridgehead atoms. The average Bonchev–Trinajstić information content (AvgIpc) is 2.69. The van der Waals surface area contributed by atoms with E-state index in [1.54, 1.807) is 18.4 Å². The van der Waals surface area contributed by atoms with E-state index in [0.717, 1.165) is 15.7 Å². The number of anilines is 1. The highest BCUT2D eigenvalue weighted by Gasteiger charge is 2.21. The van der Waals surface area contributed by atoms with Crippen LogP contribution in [0.4, 0.5) is 5.82 Å². The van der Waals surface area contributed by atoms with E-state index in [0.29, 0.717) is 18.2 Å². The zero-order valence-corrected chi connectivity index (χ0v) is 13.2. The minimum Gasteiger partial charge on any atom is -0.461 e. The van der Waals surface area contributed by atoms with E-state index in [2.05, 4.69) is 20.9 Å². The Morgan fingerprint density at radius 3 is 2.80 bits per heavy atom. The molecule has 0 aliphatic heterocycles. The monoisotopic (exact) mass is 337 g/mol. The van der Waals surface area contributed by atoms with Gasteiger partial charge in [0, 0.05) is 4.47 Å². The molecule has 2 N–H and O–H groups in total. The normalized spacial score (nSPS) is 10.6. The van der Waals surface area contributed by atoms with Gasteiger partial charge >= 0.3 is 5.97 Å². The number of nitrogen functional groups attached to an aromatic ring is 1. The van der Waals surface area contributed by atoms with Gasteiger partial charge in [-0.3, -0.25) is 4.57 Å². The number of aromatic nitrogens is 2. The molecule has 0 radical (unpaired) electrons. The predicted octanol–water partition coefficient (Wildman–Crippen LogP) is 3.01. The van der Waals surface area contributed by atoms with Crippen LogP contribution >= 0.6 is 15.9 Å². The van der Waals surface area contributed by atoms with Gasteiger partial charge in [0.2, 0.25) is 0 Å². The number of nitrogens with zero attached hydrogens (tertiary/aromatic N) is 2. The van der Waals surface area contributed by atoms with Gasteiger partial charge in [-0.05, 0) is 38.5 Å². The van der Waals surface area contributed by atoms with Crippen molar-refractivity contribution in [1.29, 1.82) is 0 Å². The van der Waals surface area contributed by atoms with Crippen LogP contribution in [0.2, 0.25) is 0 Å². The van der Waals surface area contributed by atoms with Gasteiger partial charge in [0.15, 0.2) is 5.69 Å². The third kappa shape index (κ3) is 2.43. The Bertz CT molecular complexity index is 665. The van der Waals surface area contributed by atoms with Gasteiger partial charge in [-0.1, -0.05) is 22.0 Å². The largest absolute Gasteiger partial charge is 0.461 e. The third-order valence-corrected chi connectivity index (χ3v) is 3.89. The molecule has 0 atom stereocenters. The Morgan fingerprint density at radius 2 is 2.15 bits per heavy atom. The number of nitrogens with two attached hydrogens (primary N) is 1. The van der Waals surface area contributed by atoms with Crippen molar-refractivity contribution >= 4 is 27.7 Å². The van der Waals surface area contributed by atoms with E-state index in [1.807, 2.05) is 25.1 Å². The number of ether oxygens (including phenoxy) is 1. The highest BCUT2D eigenvalue weighted by atomic mass is 79.9. The van der Waals surface area contributed by atoms with Crippen LogP contribution in [0.3, 0.4) is 0 Å². The molecule has 0 amide bonds. The number of benzene rings is 1. The Morgan fingerprint density at radius 1 is 1.45 bits per heavy atom. The van der Waals surface area contributed by atoms with Crippen LogP contribution < -0.4 is 5.73 Å². The van der Waals surface area contributed by atoms with Crippen LogP contribution in [0.1, 0.15) is 28.8 Å². The molecule has 0 unspecified atom stereocenters. The smallest absolute Gasteiger partial charge is 0.360 e. The Hall–Kier alpha value is -1.82. The van der Waals surface area contributed by atoms with Crippen LogP contribution in [0.5, 0.6) is 0 Å². The highest BCUT2D eigenvalue weighted by molar-refractivity contribution is 9.10. The molecule has 0 aliphatic carbocycles. The Kier molecular flexibility index (Phi) is 4.13. The lowest BCUT2D eigenvalue weighted by molar-refractivity contribution is 0.0521. The maximum absolute atomic E-state index is 11.8. The van der Waals surface area contributed by atoms with Gasteiger partial charge in [0.25, 0.3) is 0 Å². The summed E-state index contributed by atoms with van der Waals surface area (Å²) in [5.41, 5.74) is 8.14. The second-order valence-electron chi connectivity index (χ2n) is 4.33. The molecule has 0 saturated heterocycles. The highest BCUT2D eigenvalue weighted by Crippen LogP contribution is 2.27. The van der Waals surface area contributed by atoms with Gasteiger partial charge in [-0.15, -0.1) is 0 Å². The van der Waals surface area contributed by atoms with E-state index in [9.17, 15) is 4.79 Å². The Balaban J connectivity index is 2.59. The fraction of sp³-hybridized carbons (Fsp3) is 0.286. The number of hydrogen-bond donors (Lipinski definition) is 1. The first-order chi connectivity index (χ1) is 9.47. The van der Waals surface area contributed by atoms with Gasteiger partial charge < -0.3 is 10.5 Å². The van der Waals surface area contributed by atoms with Gasteiger partial charge in [0.1, 0.15) is 11.6 Å². The summed E-state index contributed by atoms with van der Waals surface area (Å²) in [5, 5.41) is 0. The molecule has 0 spiro atoms. The summed E-state index contributed by atoms with van der Waals surface area (Å²) < 4.78 is 7.69. The van der Waals surface area contributed by atoms with Crippen molar-refractivity contribution in [1.82, 2.24) is 9.55 Å². The number of imidazole rings is 1. The second-order valence-corrected chi connectivity index (χ2v) is 5.19. The predicted molar refractivity (Wildman–Crippen MR) is 81.1 cm³/mol. The number of rotatable bonds is 3. The summed E-state index contributed by atoms with van der Waals surface area (Å²) in [5.74, 6) is 0.438. The molecule has 1 aromatic carbocycles. The van der Waals surface area contributed by atoms with Crippen molar-refractivity contribution < 1.29 is 9.53 Å². The molecule has 2 aromatic rings. The van der Waals surface area contributed by atoms with E-state index >= 15 is 0 Å². The zero-order valence-electron chi connectivity index (χ0n) is 11.6. The van der Waals surface area contributed by atoms with Crippen LogP contribution in [-0.4, -0.2) is 22.1 Å². The molecule has 2 rings (SSSR count). The van der Waals surface area contributed by atoms with Crippen molar-refractivity contribution in [2.24, 2.45) is 0 Å². The van der Waals surface area contributed by atoms with Crippen LogP contribution in [-0.2, 0) is 4.74 Å². The lowest BCUT2D eigenvalue weighted by atomic mass is 10.2. The molecule has 5 nitrogen and oxygen atoms in total. The second kappa shape index (κ2) is 5.66. The summed E-state index contributed by atoms with van der Waals surface area (Å²) in [4.78, 5) is 16.1. The topological polar surface area (TPSA) is 70.1 Å². The van der Waals surface area contributed by atoms with Gasteiger partial charge in [-0.2, -0.15) is 0 Å². The van der Waals surface area contributed by atoms with Crippen LogP contribution in [0.25, 0.3) is 5.69 Å². The van der Waals surface area contributed by atoms with Gasteiger partial charge in [0.05, 0.1) is 12.3 Å². The maximum Gasteiger partial charge on any atom is 0.360 e. The first kappa shape index (κ1) is 14.6. The molecule has 0 aliphatic rings. The SMILES string of the molecule is CCOC(=O)c1nc(C)n(-c2cccc(Br)c2C)c1N. The molecule has 0 saturated carbocycles. The fourth-order valence-corrected chi connectivity index (χ4v) is 2.40. The van der Waals surface area contributed by atoms with Crippen LogP contribution in [0.15, 0.2) is 22.7 Å². The molecule has 0 fully saturated rings. The summed E-state index contributed by atoms with van der Waals surface area (Å²) in [6.45, 7) is 5.82. The van der Waals surface area contributed by atoms with E-state index in [4.69, 9.17) is 10.5 Å². The summed E-state index contributed by atoms with van der Waals surface area (Å²) in [7, 11) is 0. The first-order valence-corrected chi connectivity index (χ1v) is 7.04. The number of esters is 1. The summed E-state index contributed by atoms with van der Waals surface area (Å²) in [6, 6.07) is 5.79. The summed E-state index contributed by atoms with van der Waals surface area (Å²) >= 11 is 3.49. The molecular formula is C14H16BrN3O2. The van der Waals surface area contributed by atoms with E-state index < -0.39 is 5.97 Å². The van der Waals surface area contributed by atoms with Crippen molar-refractivity contribution in [2.75, 3.05) is 12.3 Å². The Labute approximate surface area is 125 Å². The average molecular weight is 338 g/mol. The van der Waals surface area contributed by atoms with Crippen molar-refractivity contribution in [2.45, 2.75) is 20.8 Å². The fourth-order valence-electron chi connectivity index (χ4n) is 2.04. The van der Waals surface area contributed by atoms with Crippen molar-refractivity contribution in [3.8, 4) is 5.69 Å². The maximum atomic E-state index is 11.8. The molecule has 1 aromatic heterocycles. The molecular weight excluding hydrogens is 322 g/mol. The number of halogens is 1. The third-order valence-electron chi connectivity index (χ3n) is 3.03. The number of carbonyl (C=O) groups excluding carboxylic acids is 1. The lowest BCUT2D eigenvalue weighted by Gasteiger charge is -2.12. The standard InChI is InChI=1S/C14H16BrN3O2/c1-4-20-14(19)12-13(16)18(9(3)17-12)11-7-5-6-10(15)8(11)2/h5-7H,4,16H2,1-3H3. The first-order valence-electron chi connectivity index (χ1n) is 6.24. The molecule has 106 valence electrons. The van der Waals surface area contributed by atoms with E-state index in [1.165, 1.54) is 0 Å². The van der Waals surface area contributed by atoms with Crippen LogP contribution in [0, 0.1) is 13.8 Å². The number of aryl methyl sites for hydroxylation is 1. The molecule has 1 heterocycles. The zero-order chi connectivity index (χ0) is 14.9. The minimum absolute atomic E-state index is 0.156. The minimum atomic E-state index is -0.500. The van der Waals surface area contributed by atoms with Crippen molar-refractivity contribution in [3.63, 3.8) is 0 Å². The number of carbonyl (C=O) groups is 1. The van der Waals surface area contributed by atoms with Gasteiger partial charge in [-0.25, -0.2) is 9.78 Å². The molecule has 20 heavy (non-hydrogen) atoms. The lowest BCUT2D eigenvalue weighted by Crippen LogP contribution is -2.10. The van der Waals surface area contributed by atoms with E-state index in [-0.39, 0.29) is 5.69 Å². The molecule has 6 heteroatoms. The summed E-state index contributed by atoms with van der Waals surface area (Å²) in [6.07, 6.45) is 0.